The Hall–Kier alpha value is -0.260. The third-order valence-corrected chi connectivity index (χ3v) is 0.322. The Morgan fingerprint density at radius 2 is 2.88 bits per heavy atom. The molecule has 0 aliphatic heterocycles. The highest BCUT2D eigenvalue weighted by molar-refractivity contribution is 4.64. The van der Waals surface area contributed by atoms with Gasteiger partial charge in [-0.3, -0.25) is 0 Å². The van der Waals surface area contributed by atoms with Crippen molar-refractivity contribution in [3.63, 3.8) is 0 Å². The summed E-state index contributed by atoms with van der Waals surface area (Å²) in [6.45, 7) is -3.99. The number of allylic oxidation sites excluding steroid dienone is 1. The zero-order valence-corrected chi connectivity index (χ0v) is 4.08. The molecule has 0 aromatic rings. The van der Waals surface area contributed by atoms with Gasteiger partial charge in [0.2, 0.25) is 0 Å². The third kappa shape index (κ3) is 5.74. The first kappa shape index (κ1) is 0.744. The van der Waals surface area contributed by atoms with E-state index in [1.54, 1.807) is 0 Å². The molecule has 0 N–H and O–H groups in total. The smallest absolute Gasteiger partial charge is 0.0570 e. The van der Waals surface area contributed by atoms with E-state index in [2.05, 4.69) is 0 Å². The summed E-state index contributed by atoms with van der Waals surface area (Å²) < 4.78 is 110. The van der Waals surface area contributed by atoms with Gasteiger partial charge in [-0.1, -0.05) is 32.0 Å². The number of hydrogen-bond donors (Lipinski definition) is 0. The molecule has 0 aliphatic carbocycles. The van der Waals surface area contributed by atoms with Crippen LogP contribution in [0.4, 0.5) is 0 Å². The Labute approximate surface area is 73.7 Å². The molecule has 0 fully saturated rings. The lowest BCUT2D eigenvalue weighted by Gasteiger charge is -1.91. The summed E-state index contributed by atoms with van der Waals surface area (Å²) >= 11 is 0. The first-order valence-electron chi connectivity index (χ1n) is 9.44. The second-order valence-corrected chi connectivity index (χ2v) is 0.769. The van der Waals surface area contributed by atoms with Gasteiger partial charge in [-0.05, 0) is 12.7 Å². The van der Waals surface area contributed by atoms with Crippen molar-refractivity contribution in [2.75, 3.05) is 0 Å². The van der Waals surface area contributed by atoms with Crippen molar-refractivity contribution in [3.8, 4) is 0 Å². The van der Waals surface area contributed by atoms with E-state index in [0.29, 0.717) is 0 Å². The molecular formula is C8H16. The second kappa shape index (κ2) is 6.74. The highest BCUT2D eigenvalue weighted by Gasteiger charge is 1.81. The molecule has 0 atom stereocenters. The fourth-order valence-electron chi connectivity index (χ4n) is 0.130. The fourth-order valence-corrected chi connectivity index (χ4v) is 0.130. The summed E-state index contributed by atoms with van der Waals surface area (Å²) in [5.41, 5.74) is 0. The van der Waals surface area contributed by atoms with Crippen LogP contribution >= 0.6 is 0 Å². The van der Waals surface area contributed by atoms with Gasteiger partial charge in [0.15, 0.2) is 0 Å². The van der Waals surface area contributed by atoms with E-state index in [4.69, 9.17) is 20.6 Å². The van der Waals surface area contributed by atoms with Crippen LogP contribution in [0.25, 0.3) is 0 Å². The van der Waals surface area contributed by atoms with Crippen LogP contribution in [0.15, 0.2) is 12.6 Å². The molecule has 0 heterocycles. The Morgan fingerprint density at radius 1 is 1.88 bits per heavy atom. The van der Waals surface area contributed by atoms with Crippen LogP contribution in [0.1, 0.15) is 59.3 Å². The van der Waals surface area contributed by atoms with Gasteiger partial charge in [-0.15, -0.1) is 6.53 Å². The van der Waals surface area contributed by atoms with Crippen LogP contribution < -0.4 is 0 Å². The maximum absolute atomic E-state index is 7.61. The summed E-state index contributed by atoms with van der Waals surface area (Å²) in [5, 5.41) is 0. The molecular weight excluding hydrogens is 96.1 g/mol. The van der Waals surface area contributed by atoms with Gasteiger partial charge in [-0.25, -0.2) is 0 Å². The maximum atomic E-state index is 7.61. The average molecular weight is 127 g/mol. The minimum absolute atomic E-state index is 1.45. The van der Waals surface area contributed by atoms with Crippen LogP contribution in [0.2, 0.25) is 0 Å². The van der Waals surface area contributed by atoms with Crippen molar-refractivity contribution in [1.29, 1.82) is 0 Å². The molecule has 0 unspecified atom stereocenters. The third-order valence-electron chi connectivity index (χ3n) is 0.322. The predicted molar refractivity (Wildman–Crippen MR) is 39.0 cm³/mol. The van der Waals surface area contributed by atoms with E-state index < -0.39 is 51.3 Å². The minimum atomic E-state index is -3.94. The average Bonchev–Trinajstić information content (AvgIpc) is 2.36. The quantitative estimate of drug-likeness (QED) is 0.498. The van der Waals surface area contributed by atoms with Crippen molar-refractivity contribution in [1.82, 2.24) is 0 Å². The molecule has 0 radical (unpaired) electrons. The monoisotopic (exact) mass is 127 g/mol. The van der Waals surface area contributed by atoms with Crippen molar-refractivity contribution < 1.29 is 20.6 Å². The van der Waals surface area contributed by atoms with E-state index in [-0.39, 0.29) is 0 Å². The fraction of sp³-hybridized carbons (Fsp3) is 0.750. The van der Waals surface area contributed by atoms with Crippen molar-refractivity contribution >= 4 is 0 Å². The molecule has 0 spiro atoms. The molecule has 8 heavy (non-hydrogen) atoms. The van der Waals surface area contributed by atoms with E-state index in [1.165, 1.54) is 0 Å². The van der Waals surface area contributed by atoms with E-state index >= 15 is 0 Å². The molecule has 0 amide bonds. The molecule has 0 aromatic carbocycles. The maximum Gasteiger partial charge on any atom is 0.0570 e. The minimum Gasteiger partial charge on any atom is -0.103 e. The normalized spacial score (nSPS) is 45.4. The van der Waals surface area contributed by atoms with Gasteiger partial charge in [-0.2, -0.15) is 0 Å². The summed E-state index contributed by atoms with van der Waals surface area (Å²) in [6.07, 6.45) is -18.8. The standard InChI is InChI=1S/C8H16/c1-3-5-7-8-6-4-2/h3H,1,4-8H2,2H3/i1D2,2D2,3D,4D2,5D2,6D2,7D2,8D2. The number of hydrogen-bond acceptors (Lipinski definition) is 0. The molecule has 0 aliphatic rings. The first-order valence-corrected chi connectivity index (χ1v) is 1.79. The molecule has 0 bridgehead atoms. The van der Waals surface area contributed by atoms with Crippen LogP contribution in [-0.4, -0.2) is 0 Å². The van der Waals surface area contributed by atoms with E-state index in [9.17, 15) is 0 Å². The molecule has 0 rings (SSSR count). The molecule has 0 aromatic heterocycles. The van der Waals surface area contributed by atoms with Gasteiger partial charge in [0.1, 0.15) is 0 Å². The van der Waals surface area contributed by atoms with E-state index in [1.807, 2.05) is 0 Å². The lowest BCUT2D eigenvalue weighted by molar-refractivity contribution is 0.675. The molecule has 0 saturated heterocycles. The molecule has 0 nitrogen and oxygen atoms in total. The van der Waals surface area contributed by atoms with Crippen LogP contribution in [0.5, 0.6) is 0 Å². The van der Waals surface area contributed by atoms with Gasteiger partial charge in [0, 0.05) is 16.4 Å². The lowest BCUT2D eigenvalue weighted by Crippen LogP contribution is -1.71. The molecule has 0 saturated carbocycles. The van der Waals surface area contributed by atoms with Crippen LogP contribution in [-0.2, 0) is 0 Å². The summed E-state index contributed by atoms with van der Waals surface area (Å²) in [7, 11) is 0. The van der Waals surface area contributed by atoms with E-state index in [0.717, 1.165) is 0 Å². The Kier molecular flexibility index (Phi) is 0.627. The van der Waals surface area contributed by atoms with Crippen LogP contribution in [0.3, 0.4) is 0 Å². The summed E-state index contributed by atoms with van der Waals surface area (Å²) in [4.78, 5) is 0. The van der Waals surface area contributed by atoms with Crippen molar-refractivity contribution in [3.05, 3.63) is 12.6 Å². The van der Waals surface area contributed by atoms with Gasteiger partial charge < -0.3 is 0 Å². The topological polar surface area (TPSA) is 0 Å². The summed E-state index contributed by atoms with van der Waals surface area (Å²) in [5.74, 6) is 0. The largest absolute Gasteiger partial charge is 0.103 e. The van der Waals surface area contributed by atoms with Crippen molar-refractivity contribution in [2.45, 2.75) is 38.7 Å². The van der Waals surface area contributed by atoms with Gasteiger partial charge in [0.05, 0.1) is 4.11 Å². The second-order valence-electron chi connectivity index (χ2n) is 0.769. The van der Waals surface area contributed by atoms with Gasteiger partial charge in [0.25, 0.3) is 0 Å². The highest BCUT2D eigenvalue weighted by Crippen LogP contribution is 2.01. The molecule has 0 heteroatoms. The van der Waals surface area contributed by atoms with Crippen molar-refractivity contribution in [2.24, 2.45) is 0 Å². The Morgan fingerprint density at radius 3 is 3.62 bits per heavy atom. The molecule has 48 valence electrons. The lowest BCUT2D eigenvalue weighted by atomic mass is 10.2. The first-order chi connectivity index (χ1) is 9.80. The Balaban J connectivity index is 6.34. The summed E-state index contributed by atoms with van der Waals surface area (Å²) in [6, 6.07) is -1.55. The highest BCUT2D eigenvalue weighted by atomic mass is 13.9. The number of rotatable bonds is 5. The Bertz CT molecular complexity index is 468. The van der Waals surface area contributed by atoms with Crippen LogP contribution in [0, 0.1) is 0 Å². The SMILES string of the molecule is [2H]C([2H])=C([2H])C([2H])([2H])C([2H])([2H])C([2H])([2H])C([2H])([2H])C([2H])([2H])C([2H])[2H]. The van der Waals surface area contributed by atoms with Gasteiger partial charge >= 0.3 is 0 Å². The zero-order chi connectivity index (χ0) is 19.2. The predicted octanol–water partition coefficient (Wildman–Crippen LogP) is 3.14. The zero-order valence-electron chi connectivity index (χ0n) is 19.1.